The molecule has 118 valence electrons. The number of imidazole rings is 1. The second-order valence-electron chi connectivity index (χ2n) is 4.79. The largest absolute Gasteiger partial charge is 0.492 e. The van der Waals surface area contributed by atoms with Gasteiger partial charge in [-0.25, -0.2) is 13.8 Å². The van der Waals surface area contributed by atoms with Gasteiger partial charge in [-0.1, -0.05) is 47.6 Å². The van der Waals surface area contributed by atoms with Crippen LogP contribution in [0.25, 0.3) is 5.69 Å². The summed E-state index contributed by atoms with van der Waals surface area (Å²) in [6.07, 6.45) is 0. The summed E-state index contributed by atoms with van der Waals surface area (Å²) in [6.45, 7) is 0. The third-order valence-corrected chi connectivity index (χ3v) is 4.99. The van der Waals surface area contributed by atoms with E-state index in [2.05, 4.69) is 0 Å². The van der Waals surface area contributed by atoms with Crippen LogP contribution in [-0.2, 0) is 7.05 Å². The summed E-state index contributed by atoms with van der Waals surface area (Å²) in [5.74, 6) is -0.919. The normalized spacial score (nSPS) is 10.9. The molecule has 0 saturated heterocycles. The van der Waals surface area contributed by atoms with Crippen molar-refractivity contribution in [1.82, 2.24) is 9.13 Å². The van der Waals surface area contributed by atoms with Crippen molar-refractivity contribution in [3.8, 4) is 11.6 Å². The first-order valence-electron chi connectivity index (χ1n) is 6.68. The number of benzene rings is 2. The van der Waals surface area contributed by atoms with Crippen molar-refractivity contribution in [2.75, 3.05) is 0 Å². The van der Waals surface area contributed by atoms with E-state index in [1.807, 2.05) is 0 Å². The highest BCUT2D eigenvalue weighted by molar-refractivity contribution is 7.99. The second kappa shape index (κ2) is 6.14. The maximum atomic E-state index is 14.0. The summed E-state index contributed by atoms with van der Waals surface area (Å²) < 4.78 is 16.2. The summed E-state index contributed by atoms with van der Waals surface area (Å²) in [5, 5.41) is 11.2. The molecule has 0 unspecified atom stereocenters. The molecule has 0 radical (unpaired) electrons. The lowest BCUT2D eigenvalue weighted by molar-refractivity contribution is 0.424. The molecule has 1 heterocycles. The van der Waals surface area contributed by atoms with Gasteiger partial charge >= 0.3 is 5.69 Å². The molecule has 0 spiro atoms. The van der Waals surface area contributed by atoms with Gasteiger partial charge in [0.05, 0.1) is 10.7 Å². The first kappa shape index (κ1) is 15.7. The van der Waals surface area contributed by atoms with Gasteiger partial charge in [0.2, 0.25) is 5.88 Å². The Labute approximate surface area is 140 Å². The fraction of sp³-hybridized carbons (Fsp3) is 0.0625. The quantitative estimate of drug-likeness (QED) is 0.781. The van der Waals surface area contributed by atoms with Gasteiger partial charge in [-0.05, 0) is 24.3 Å². The molecular weight excluding hydrogens is 339 g/mol. The van der Waals surface area contributed by atoms with Crippen LogP contribution in [0.5, 0.6) is 5.88 Å². The third kappa shape index (κ3) is 2.75. The first-order chi connectivity index (χ1) is 11.0. The molecule has 0 aliphatic carbocycles. The molecule has 1 N–H and O–H groups in total. The Morgan fingerprint density at radius 2 is 1.78 bits per heavy atom. The predicted molar refractivity (Wildman–Crippen MR) is 88.2 cm³/mol. The summed E-state index contributed by atoms with van der Waals surface area (Å²) >= 11 is 7.25. The Balaban J connectivity index is 2.15. The van der Waals surface area contributed by atoms with Crippen molar-refractivity contribution < 1.29 is 9.50 Å². The van der Waals surface area contributed by atoms with E-state index in [1.54, 1.807) is 30.3 Å². The van der Waals surface area contributed by atoms with Crippen LogP contribution in [-0.4, -0.2) is 14.2 Å². The summed E-state index contributed by atoms with van der Waals surface area (Å²) in [4.78, 5) is 13.1. The molecule has 7 heteroatoms. The van der Waals surface area contributed by atoms with Gasteiger partial charge < -0.3 is 5.11 Å². The Bertz CT molecular complexity index is 936. The average Bonchev–Trinajstić information content (AvgIpc) is 2.74. The molecule has 23 heavy (non-hydrogen) atoms. The molecule has 1 aromatic heterocycles. The van der Waals surface area contributed by atoms with Crippen molar-refractivity contribution in [3.05, 3.63) is 69.9 Å². The molecule has 0 amide bonds. The maximum Gasteiger partial charge on any atom is 0.336 e. The van der Waals surface area contributed by atoms with E-state index in [1.165, 1.54) is 29.8 Å². The monoisotopic (exact) mass is 350 g/mol. The van der Waals surface area contributed by atoms with Crippen LogP contribution in [0, 0.1) is 5.82 Å². The maximum absolute atomic E-state index is 14.0. The SMILES string of the molecule is Cn1c(Sc2ccccc2Cl)c(O)n(-c2ccccc2F)c1=O. The highest BCUT2D eigenvalue weighted by atomic mass is 35.5. The average molecular weight is 351 g/mol. The lowest BCUT2D eigenvalue weighted by atomic mass is 10.3. The Morgan fingerprint density at radius 1 is 1.13 bits per heavy atom. The molecule has 0 aliphatic heterocycles. The number of aromatic hydroxyl groups is 1. The number of para-hydroxylation sites is 1. The van der Waals surface area contributed by atoms with Gasteiger partial charge in [0.15, 0.2) is 0 Å². The van der Waals surface area contributed by atoms with Crippen molar-refractivity contribution in [2.24, 2.45) is 7.05 Å². The van der Waals surface area contributed by atoms with Gasteiger partial charge in [-0.2, -0.15) is 0 Å². The third-order valence-electron chi connectivity index (χ3n) is 3.32. The summed E-state index contributed by atoms with van der Waals surface area (Å²) in [6, 6.07) is 12.9. The van der Waals surface area contributed by atoms with E-state index in [0.717, 1.165) is 16.3 Å². The van der Waals surface area contributed by atoms with Crippen molar-refractivity contribution in [2.45, 2.75) is 9.92 Å². The van der Waals surface area contributed by atoms with Crippen LogP contribution in [0.4, 0.5) is 4.39 Å². The van der Waals surface area contributed by atoms with Gasteiger partial charge in [0, 0.05) is 11.9 Å². The molecule has 0 bridgehead atoms. The number of halogens is 2. The summed E-state index contributed by atoms with van der Waals surface area (Å²) in [7, 11) is 1.51. The number of hydrogen-bond donors (Lipinski definition) is 1. The van der Waals surface area contributed by atoms with E-state index >= 15 is 0 Å². The summed E-state index contributed by atoms with van der Waals surface area (Å²) in [5.41, 5.74) is -0.543. The van der Waals surface area contributed by atoms with E-state index in [9.17, 15) is 14.3 Å². The molecule has 0 saturated carbocycles. The van der Waals surface area contributed by atoms with Crippen molar-refractivity contribution in [3.63, 3.8) is 0 Å². The minimum atomic E-state index is -0.593. The highest BCUT2D eigenvalue weighted by Gasteiger charge is 2.21. The van der Waals surface area contributed by atoms with Crippen LogP contribution in [0.2, 0.25) is 5.02 Å². The van der Waals surface area contributed by atoms with E-state index in [0.29, 0.717) is 9.92 Å². The minimum absolute atomic E-state index is 0.00314. The van der Waals surface area contributed by atoms with Crippen LogP contribution >= 0.6 is 23.4 Å². The highest BCUT2D eigenvalue weighted by Crippen LogP contribution is 2.37. The molecule has 3 aromatic rings. The van der Waals surface area contributed by atoms with E-state index in [4.69, 9.17) is 11.6 Å². The molecule has 2 aromatic carbocycles. The van der Waals surface area contributed by atoms with Crippen LogP contribution in [0.1, 0.15) is 0 Å². The number of nitrogens with zero attached hydrogens (tertiary/aromatic N) is 2. The first-order valence-corrected chi connectivity index (χ1v) is 7.88. The number of aromatic nitrogens is 2. The zero-order valence-corrected chi connectivity index (χ0v) is 13.6. The molecule has 0 fully saturated rings. The zero-order valence-electron chi connectivity index (χ0n) is 12.0. The Kier molecular flexibility index (Phi) is 4.19. The topological polar surface area (TPSA) is 47.2 Å². The van der Waals surface area contributed by atoms with Gasteiger partial charge in [-0.15, -0.1) is 0 Å². The number of hydrogen-bond acceptors (Lipinski definition) is 3. The van der Waals surface area contributed by atoms with Crippen molar-refractivity contribution >= 4 is 23.4 Å². The van der Waals surface area contributed by atoms with E-state index in [-0.39, 0.29) is 16.6 Å². The van der Waals surface area contributed by atoms with E-state index < -0.39 is 11.5 Å². The number of rotatable bonds is 3. The zero-order chi connectivity index (χ0) is 16.6. The van der Waals surface area contributed by atoms with Crippen LogP contribution in [0.15, 0.2) is 63.2 Å². The van der Waals surface area contributed by atoms with Crippen LogP contribution < -0.4 is 5.69 Å². The lowest BCUT2D eigenvalue weighted by Crippen LogP contribution is -2.21. The molecule has 3 rings (SSSR count). The standard InChI is InChI=1S/C16H12ClFN2O2S/c1-19-15(23-13-9-5-2-6-10(13)17)14(21)20(16(19)22)12-8-4-3-7-11(12)18/h2-9,21H,1H3. The van der Waals surface area contributed by atoms with Gasteiger partial charge in [-0.3, -0.25) is 4.57 Å². The minimum Gasteiger partial charge on any atom is -0.492 e. The van der Waals surface area contributed by atoms with Gasteiger partial charge in [0.25, 0.3) is 0 Å². The van der Waals surface area contributed by atoms with Gasteiger partial charge in [0.1, 0.15) is 10.8 Å². The molecule has 0 aliphatic rings. The molecular formula is C16H12ClFN2O2S. The fourth-order valence-corrected chi connectivity index (χ4v) is 3.34. The molecule has 0 atom stereocenters. The van der Waals surface area contributed by atoms with Crippen molar-refractivity contribution in [1.29, 1.82) is 0 Å². The van der Waals surface area contributed by atoms with Crippen LogP contribution in [0.3, 0.4) is 0 Å². The Hall–Kier alpha value is -2.18. The molecule has 4 nitrogen and oxygen atoms in total. The Morgan fingerprint density at radius 3 is 2.48 bits per heavy atom. The second-order valence-corrected chi connectivity index (χ2v) is 6.23. The fourth-order valence-electron chi connectivity index (χ4n) is 2.17. The lowest BCUT2D eigenvalue weighted by Gasteiger charge is -2.06. The smallest absolute Gasteiger partial charge is 0.336 e. The predicted octanol–water partition coefficient (Wildman–Crippen LogP) is 3.83.